The lowest BCUT2D eigenvalue weighted by molar-refractivity contribution is -0.186. The zero-order valence-electron chi connectivity index (χ0n) is 8.79. The van der Waals surface area contributed by atoms with E-state index in [-0.39, 0.29) is 11.9 Å². The summed E-state index contributed by atoms with van der Waals surface area (Å²) in [6.07, 6.45) is 2.24. The maximum atomic E-state index is 5.93. The first-order valence-corrected chi connectivity index (χ1v) is 5.47. The number of rotatable bonds is 3. The summed E-state index contributed by atoms with van der Waals surface area (Å²) in [5.41, 5.74) is 5.50. The Kier molecular flexibility index (Phi) is 3.07. The molecule has 82 valence electrons. The van der Waals surface area contributed by atoms with Crippen molar-refractivity contribution in [2.75, 3.05) is 26.2 Å². The van der Waals surface area contributed by atoms with Gasteiger partial charge in [-0.15, -0.1) is 0 Å². The van der Waals surface area contributed by atoms with Crippen molar-refractivity contribution in [1.29, 1.82) is 0 Å². The van der Waals surface area contributed by atoms with E-state index >= 15 is 0 Å². The van der Waals surface area contributed by atoms with E-state index in [9.17, 15) is 0 Å². The molecule has 0 aromatic heterocycles. The summed E-state index contributed by atoms with van der Waals surface area (Å²) in [6.45, 7) is 5.51. The Morgan fingerprint density at radius 3 is 3.07 bits per heavy atom. The third-order valence-electron chi connectivity index (χ3n) is 3.25. The zero-order chi connectivity index (χ0) is 10.0. The molecule has 0 aromatic carbocycles. The molecule has 2 aliphatic heterocycles. The topological polar surface area (TPSA) is 56.5 Å². The highest BCUT2D eigenvalue weighted by Crippen LogP contribution is 2.34. The second-order valence-corrected chi connectivity index (χ2v) is 4.33. The molecular formula is C10H20N2O2. The first-order valence-electron chi connectivity index (χ1n) is 5.47. The Morgan fingerprint density at radius 1 is 1.57 bits per heavy atom. The molecule has 0 amide bonds. The highest BCUT2D eigenvalue weighted by Gasteiger charge is 2.44. The van der Waals surface area contributed by atoms with Crippen LogP contribution in [0.25, 0.3) is 0 Å². The van der Waals surface area contributed by atoms with E-state index in [1.807, 2.05) is 0 Å². The lowest BCUT2D eigenvalue weighted by atomic mass is 9.99. The number of nitrogens with one attached hydrogen (secondary N) is 1. The molecule has 0 radical (unpaired) electrons. The molecule has 0 saturated carbocycles. The third kappa shape index (κ3) is 1.93. The van der Waals surface area contributed by atoms with Crippen molar-refractivity contribution in [3.05, 3.63) is 0 Å². The predicted octanol–water partition coefficient (Wildman–Crippen LogP) is 0.0763. The first kappa shape index (κ1) is 10.4. The summed E-state index contributed by atoms with van der Waals surface area (Å²) in [5, 5.41) is 3.34. The Hall–Kier alpha value is -0.160. The maximum absolute atomic E-state index is 5.93. The van der Waals surface area contributed by atoms with E-state index in [0.717, 1.165) is 25.9 Å². The summed E-state index contributed by atoms with van der Waals surface area (Å²) < 4.78 is 11.7. The zero-order valence-corrected chi connectivity index (χ0v) is 8.79. The molecule has 2 heterocycles. The molecule has 2 fully saturated rings. The summed E-state index contributed by atoms with van der Waals surface area (Å²) >= 11 is 0. The van der Waals surface area contributed by atoms with Crippen molar-refractivity contribution in [2.24, 2.45) is 11.7 Å². The predicted molar refractivity (Wildman–Crippen MR) is 53.9 cm³/mol. The van der Waals surface area contributed by atoms with Crippen LogP contribution in [0.15, 0.2) is 0 Å². The van der Waals surface area contributed by atoms with Crippen LogP contribution in [0, 0.1) is 5.92 Å². The second-order valence-electron chi connectivity index (χ2n) is 4.33. The van der Waals surface area contributed by atoms with Gasteiger partial charge in [-0.3, -0.25) is 0 Å². The minimum Gasteiger partial charge on any atom is -0.347 e. The molecule has 2 aliphatic rings. The van der Waals surface area contributed by atoms with E-state index in [1.165, 1.54) is 0 Å². The van der Waals surface area contributed by atoms with Gasteiger partial charge in [-0.25, -0.2) is 0 Å². The van der Waals surface area contributed by atoms with Crippen molar-refractivity contribution in [2.45, 2.75) is 31.7 Å². The van der Waals surface area contributed by atoms with E-state index in [1.54, 1.807) is 0 Å². The fraction of sp³-hybridized carbons (Fsp3) is 1.00. The van der Waals surface area contributed by atoms with E-state index in [4.69, 9.17) is 15.2 Å². The van der Waals surface area contributed by atoms with Crippen LogP contribution in [0.2, 0.25) is 0 Å². The maximum Gasteiger partial charge on any atom is 0.170 e. The van der Waals surface area contributed by atoms with Crippen LogP contribution in [0.4, 0.5) is 0 Å². The minimum atomic E-state index is -0.372. The van der Waals surface area contributed by atoms with Gasteiger partial charge in [0.25, 0.3) is 0 Å². The Morgan fingerprint density at radius 2 is 2.43 bits per heavy atom. The molecule has 0 aromatic rings. The highest BCUT2D eigenvalue weighted by molar-refractivity contribution is 4.87. The molecule has 14 heavy (non-hydrogen) atoms. The van der Waals surface area contributed by atoms with Gasteiger partial charge >= 0.3 is 0 Å². The smallest absolute Gasteiger partial charge is 0.170 e. The lowest BCUT2D eigenvalue weighted by Crippen LogP contribution is -2.37. The molecule has 4 nitrogen and oxygen atoms in total. The SMILES string of the molecule is CC1(C2CCNC2)OCC(CCN)O1. The normalized spacial score (nSPS) is 43.3. The quantitative estimate of drug-likeness (QED) is 0.677. The van der Waals surface area contributed by atoms with Crippen molar-refractivity contribution >= 4 is 0 Å². The van der Waals surface area contributed by atoms with E-state index in [0.29, 0.717) is 19.1 Å². The summed E-state index contributed by atoms with van der Waals surface area (Å²) in [7, 11) is 0. The van der Waals surface area contributed by atoms with Crippen LogP contribution in [0.3, 0.4) is 0 Å². The molecule has 0 bridgehead atoms. The monoisotopic (exact) mass is 200 g/mol. The molecule has 0 aliphatic carbocycles. The molecule has 3 N–H and O–H groups in total. The summed E-state index contributed by atoms with van der Waals surface area (Å²) in [5.74, 6) is 0.119. The van der Waals surface area contributed by atoms with Gasteiger partial charge in [0.2, 0.25) is 0 Å². The Bertz CT molecular complexity index is 195. The number of hydrogen-bond donors (Lipinski definition) is 2. The number of ether oxygens (including phenoxy) is 2. The van der Waals surface area contributed by atoms with Crippen LogP contribution < -0.4 is 11.1 Å². The van der Waals surface area contributed by atoms with Crippen molar-refractivity contribution < 1.29 is 9.47 Å². The van der Waals surface area contributed by atoms with Crippen LogP contribution in [0.5, 0.6) is 0 Å². The number of hydrogen-bond acceptors (Lipinski definition) is 4. The minimum absolute atomic E-state index is 0.200. The van der Waals surface area contributed by atoms with Crippen LogP contribution in [0.1, 0.15) is 19.8 Å². The largest absolute Gasteiger partial charge is 0.347 e. The third-order valence-corrected chi connectivity index (χ3v) is 3.25. The molecular weight excluding hydrogens is 180 g/mol. The van der Waals surface area contributed by atoms with Gasteiger partial charge in [-0.2, -0.15) is 0 Å². The molecule has 2 saturated heterocycles. The van der Waals surface area contributed by atoms with Crippen LogP contribution in [-0.4, -0.2) is 38.1 Å². The Balaban J connectivity index is 1.90. The van der Waals surface area contributed by atoms with Crippen molar-refractivity contribution in [3.8, 4) is 0 Å². The van der Waals surface area contributed by atoms with Crippen molar-refractivity contribution in [1.82, 2.24) is 5.32 Å². The van der Waals surface area contributed by atoms with Gasteiger partial charge in [0.15, 0.2) is 5.79 Å². The van der Waals surface area contributed by atoms with E-state index < -0.39 is 0 Å². The van der Waals surface area contributed by atoms with Crippen LogP contribution >= 0.6 is 0 Å². The fourth-order valence-corrected chi connectivity index (χ4v) is 2.30. The molecule has 3 unspecified atom stereocenters. The molecule has 2 rings (SSSR count). The summed E-state index contributed by atoms with van der Waals surface area (Å²) in [6, 6.07) is 0. The van der Waals surface area contributed by atoms with Gasteiger partial charge in [0.1, 0.15) is 0 Å². The molecule has 3 atom stereocenters. The van der Waals surface area contributed by atoms with Gasteiger partial charge in [0.05, 0.1) is 12.7 Å². The average molecular weight is 200 g/mol. The lowest BCUT2D eigenvalue weighted by Gasteiger charge is -2.29. The number of nitrogens with two attached hydrogens (primary N) is 1. The standard InChI is InChI=1S/C10H20N2O2/c1-10(8-3-5-12-6-8)13-7-9(14-10)2-4-11/h8-9,12H,2-7,11H2,1H3. The molecule has 0 spiro atoms. The second kappa shape index (κ2) is 4.14. The Labute approximate surface area is 85.1 Å². The van der Waals surface area contributed by atoms with Gasteiger partial charge in [-0.05, 0) is 32.9 Å². The van der Waals surface area contributed by atoms with Crippen molar-refractivity contribution in [3.63, 3.8) is 0 Å². The van der Waals surface area contributed by atoms with Gasteiger partial charge in [-0.1, -0.05) is 0 Å². The van der Waals surface area contributed by atoms with Crippen LogP contribution in [-0.2, 0) is 9.47 Å². The first-order chi connectivity index (χ1) is 6.74. The highest BCUT2D eigenvalue weighted by atomic mass is 16.7. The molecule has 4 heteroatoms. The van der Waals surface area contributed by atoms with E-state index in [2.05, 4.69) is 12.2 Å². The summed E-state index contributed by atoms with van der Waals surface area (Å²) in [4.78, 5) is 0. The van der Waals surface area contributed by atoms with Gasteiger partial charge < -0.3 is 20.5 Å². The average Bonchev–Trinajstić information content (AvgIpc) is 2.75. The fourth-order valence-electron chi connectivity index (χ4n) is 2.30. The van der Waals surface area contributed by atoms with Gasteiger partial charge in [0, 0.05) is 12.5 Å².